The molecule has 2 aliphatic rings. The molecule has 2 aliphatic heterocycles. The first-order chi connectivity index (χ1) is 16.6. The fraction of sp³-hybridized carbons (Fsp3) is 0.345. The van der Waals surface area contributed by atoms with E-state index < -0.39 is 0 Å². The quantitative estimate of drug-likeness (QED) is 0.563. The zero-order valence-corrected chi connectivity index (χ0v) is 19.9. The highest BCUT2D eigenvalue weighted by atomic mass is 16.5. The average molecular weight is 457 g/mol. The first kappa shape index (κ1) is 22.6. The molecule has 1 spiro atoms. The van der Waals surface area contributed by atoms with Crippen molar-refractivity contribution < 1.29 is 14.3 Å². The first-order valence-electron chi connectivity index (χ1n) is 12.0. The molecular formula is C29H32N2O3. The van der Waals surface area contributed by atoms with Crippen LogP contribution in [0.4, 0.5) is 5.69 Å². The molecule has 3 aromatic carbocycles. The van der Waals surface area contributed by atoms with Gasteiger partial charge in [-0.15, -0.1) is 0 Å². The van der Waals surface area contributed by atoms with Crippen LogP contribution in [0.5, 0.6) is 5.75 Å². The van der Waals surface area contributed by atoms with Crippen molar-refractivity contribution in [3.05, 3.63) is 95.6 Å². The number of ether oxygens (including phenoxy) is 2. The van der Waals surface area contributed by atoms with Crippen molar-refractivity contribution in [2.75, 3.05) is 32.2 Å². The SMILES string of the molecule is COc1ccc(N(C)C(=O)c2ccccc2)cc1C1COC2(CCCNC2c2ccccc2)C1. The van der Waals surface area contributed by atoms with Crippen LogP contribution in [0.25, 0.3) is 0 Å². The monoisotopic (exact) mass is 456 g/mol. The molecule has 34 heavy (non-hydrogen) atoms. The lowest BCUT2D eigenvalue weighted by Gasteiger charge is -2.41. The van der Waals surface area contributed by atoms with Crippen LogP contribution in [0.1, 0.15) is 52.7 Å². The van der Waals surface area contributed by atoms with Gasteiger partial charge in [0.25, 0.3) is 5.91 Å². The summed E-state index contributed by atoms with van der Waals surface area (Å²) in [4.78, 5) is 14.7. The lowest BCUT2D eigenvalue weighted by Crippen LogP contribution is -2.48. The van der Waals surface area contributed by atoms with Crippen LogP contribution in [0.15, 0.2) is 78.9 Å². The molecule has 176 valence electrons. The molecule has 1 N–H and O–H groups in total. The van der Waals surface area contributed by atoms with Crippen molar-refractivity contribution >= 4 is 11.6 Å². The van der Waals surface area contributed by atoms with E-state index in [0.29, 0.717) is 12.2 Å². The molecule has 5 heteroatoms. The van der Waals surface area contributed by atoms with Crippen molar-refractivity contribution in [2.45, 2.75) is 36.8 Å². The number of carbonyl (C=O) groups is 1. The van der Waals surface area contributed by atoms with E-state index in [4.69, 9.17) is 9.47 Å². The minimum atomic E-state index is -0.239. The molecule has 2 fully saturated rings. The van der Waals surface area contributed by atoms with E-state index in [9.17, 15) is 4.79 Å². The van der Waals surface area contributed by atoms with Gasteiger partial charge in [-0.2, -0.15) is 0 Å². The van der Waals surface area contributed by atoms with Gasteiger partial charge >= 0.3 is 0 Å². The van der Waals surface area contributed by atoms with Gasteiger partial charge in [-0.05, 0) is 61.7 Å². The molecule has 3 aromatic rings. The van der Waals surface area contributed by atoms with Crippen LogP contribution < -0.4 is 15.0 Å². The summed E-state index contributed by atoms with van der Waals surface area (Å²) < 4.78 is 12.4. The Hall–Kier alpha value is -3.15. The van der Waals surface area contributed by atoms with Crippen molar-refractivity contribution in [3.8, 4) is 5.75 Å². The maximum absolute atomic E-state index is 13.0. The molecule has 0 aliphatic carbocycles. The number of rotatable bonds is 5. The molecule has 0 bridgehead atoms. The van der Waals surface area contributed by atoms with Crippen molar-refractivity contribution in [3.63, 3.8) is 0 Å². The zero-order valence-electron chi connectivity index (χ0n) is 19.9. The van der Waals surface area contributed by atoms with Crippen molar-refractivity contribution in [1.82, 2.24) is 5.32 Å². The molecule has 3 atom stereocenters. The highest BCUT2D eigenvalue weighted by Gasteiger charge is 2.49. The summed E-state index contributed by atoms with van der Waals surface area (Å²) in [6.45, 7) is 1.64. The molecular weight excluding hydrogens is 424 g/mol. The molecule has 2 heterocycles. The molecule has 1 amide bonds. The second kappa shape index (κ2) is 9.61. The molecule has 2 saturated heterocycles. The first-order valence-corrected chi connectivity index (χ1v) is 12.0. The van der Waals surface area contributed by atoms with Gasteiger partial charge in [0.05, 0.1) is 25.4 Å². The van der Waals surface area contributed by atoms with Gasteiger partial charge in [0, 0.05) is 29.8 Å². The second-order valence-electron chi connectivity index (χ2n) is 9.33. The van der Waals surface area contributed by atoms with Crippen LogP contribution in [0.2, 0.25) is 0 Å². The lowest BCUT2D eigenvalue weighted by molar-refractivity contribution is -0.0484. The smallest absolute Gasteiger partial charge is 0.258 e. The van der Waals surface area contributed by atoms with E-state index in [-0.39, 0.29) is 23.5 Å². The number of amides is 1. The fourth-order valence-electron chi connectivity index (χ4n) is 5.55. The predicted molar refractivity (Wildman–Crippen MR) is 135 cm³/mol. The third-order valence-corrected chi connectivity index (χ3v) is 7.31. The van der Waals surface area contributed by atoms with E-state index in [0.717, 1.165) is 42.8 Å². The number of nitrogens with zero attached hydrogens (tertiary/aromatic N) is 1. The molecule has 0 aromatic heterocycles. The fourth-order valence-corrected chi connectivity index (χ4v) is 5.55. The van der Waals surface area contributed by atoms with Gasteiger partial charge in [0.2, 0.25) is 0 Å². The Labute approximate surface area is 201 Å². The number of nitrogens with one attached hydrogen (secondary N) is 1. The summed E-state index contributed by atoms with van der Waals surface area (Å²) in [6, 6.07) is 26.2. The second-order valence-corrected chi connectivity index (χ2v) is 9.33. The Bertz CT molecular complexity index is 1130. The maximum atomic E-state index is 13.0. The van der Waals surface area contributed by atoms with E-state index in [1.54, 1.807) is 12.0 Å². The van der Waals surface area contributed by atoms with Crippen LogP contribution >= 0.6 is 0 Å². The highest BCUT2D eigenvalue weighted by molar-refractivity contribution is 6.05. The summed E-state index contributed by atoms with van der Waals surface area (Å²) in [5, 5.41) is 3.72. The number of carbonyl (C=O) groups excluding carboxylic acids is 1. The van der Waals surface area contributed by atoms with Gasteiger partial charge in [-0.1, -0.05) is 48.5 Å². The Morgan fingerprint density at radius 2 is 1.79 bits per heavy atom. The normalized spacial score (nSPS) is 24.2. The average Bonchev–Trinajstić information content (AvgIpc) is 3.32. The van der Waals surface area contributed by atoms with Gasteiger partial charge in [0.15, 0.2) is 0 Å². The van der Waals surface area contributed by atoms with Gasteiger partial charge < -0.3 is 19.7 Å². The molecule has 0 saturated carbocycles. The number of anilines is 1. The molecule has 3 unspecified atom stereocenters. The summed E-state index contributed by atoms with van der Waals surface area (Å²) >= 11 is 0. The largest absolute Gasteiger partial charge is 0.496 e. The van der Waals surface area contributed by atoms with E-state index in [1.807, 2.05) is 49.5 Å². The Morgan fingerprint density at radius 3 is 2.53 bits per heavy atom. The summed E-state index contributed by atoms with van der Waals surface area (Å²) in [5.74, 6) is 1.01. The lowest BCUT2D eigenvalue weighted by atomic mass is 9.77. The van der Waals surface area contributed by atoms with Crippen molar-refractivity contribution in [1.29, 1.82) is 0 Å². The minimum Gasteiger partial charge on any atom is -0.496 e. The van der Waals surface area contributed by atoms with Gasteiger partial charge in [-0.25, -0.2) is 0 Å². The van der Waals surface area contributed by atoms with Crippen LogP contribution in [-0.2, 0) is 4.74 Å². The Balaban J connectivity index is 1.43. The van der Waals surface area contributed by atoms with Gasteiger partial charge in [0.1, 0.15) is 5.75 Å². The van der Waals surface area contributed by atoms with Crippen molar-refractivity contribution in [2.24, 2.45) is 0 Å². The third-order valence-electron chi connectivity index (χ3n) is 7.31. The number of methoxy groups -OCH3 is 1. The Kier molecular flexibility index (Phi) is 6.40. The molecule has 5 rings (SSSR count). The van der Waals surface area contributed by atoms with E-state index in [1.165, 1.54) is 5.56 Å². The van der Waals surface area contributed by atoms with E-state index >= 15 is 0 Å². The number of hydrogen-bond donors (Lipinski definition) is 1. The standard InChI is InChI=1S/C29H32N2O3/c1-31(28(32)22-12-7-4-8-13-22)24-14-15-26(33-2)25(18-24)23-19-29(34-20-23)16-9-17-30-27(29)21-10-5-3-6-11-21/h3-8,10-15,18,23,27,30H,9,16-17,19-20H2,1-2H3. The number of hydrogen-bond acceptors (Lipinski definition) is 4. The minimum absolute atomic E-state index is 0.0310. The van der Waals surface area contributed by atoms with Crippen LogP contribution in [-0.4, -0.2) is 38.8 Å². The number of benzene rings is 3. The zero-order chi connectivity index (χ0) is 23.5. The predicted octanol–water partition coefficient (Wildman–Crippen LogP) is 5.34. The van der Waals surface area contributed by atoms with Crippen LogP contribution in [0, 0.1) is 0 Å². The topological polar surface area (TPSA) is 50.8 Å². The summed E-state index contributed by atoms with van der Waals surface area (Å²) in [7, 11) is 3.53. The van der Waals surface area contributed by atoms with E-state index in [2.05, 4.69) is 41.7 Å². The molecule has 0 radical (unpaired) electrons. The highest BCUT2D eigenvalue weighted by Crippen LogP contribution is 2.49. The van der Waals surface area contributed by atoms with Crippen LogP contribution in [0.3, 0.4) is 0 Å². The third kappa shape index (κ3) is 4.22. The summed E-state index contributed by atoms with van der Waals surface area (Å²) in [6.07, 6.45) is 3.04. The molecule has 5 nitrogen and oxygen atoms in total. The number of piperidine rings is 1. The maximum Gasteiger partial charge on any atom is 0.258 e. The Morgan fingerprint density at radius 1 is 1.06 bits per heavy atom. The van der Waals surface area contributed by atoms with Gasteiger partial charge in [-0.3, -0.25) is 4.79 Å². The summed E-state index contributed by atoms with van der Waals surface area (Å²) in [5.41, 5.74) is 3.66.